The molecule has 0 radical (unpaired) electrons. The molecule has 0 aliphatic heterocycles. The number of allylic oxidation sites excluding steroid dienone is 5. The quantitative estimate of drug-likeness (QED) is 0.309. The molecule has 0 spiro atoms. The molecule has 186 valence electrons. The maximum absolute atomic E-state index is 10.4. The van der Waals surface area contributed by atoms with Gasteiger partial charge in [0.2, 0.25) is 0 Å². The van der Waals surface area contributed by atoms with E-state index in [4.69, 9.17) is 4.74 Å². The van der Waals surface area contributed by atoms with Crippen LogP contribution in [0, 0.1) is 17.3 Å². The van der Waals surface area contributed by atoms with Gasteiger partial charge in [0.1, 0.15) is 0 Å². The van der Waals surface area contributed by atoms with E-state index in [2.05, 4.69) is 37.8 Å². The van der Waals surface area contributed by atoms with Crippen LogP contribution >= 0.6 is 0 Å². The van der Waals surface area contributed by atoms with Crippen LogP contribution in [0.1, 0.15) is 85.0 Å². The number of fused-ring (bicyclic) bond motifs is 1. The highest BCUT2D eigenvalue weighted by Crippen LogP contribution is 2.59. The van der Waals surface area contributed by atoms with Gasteiger partial charge in [-0.25, -0.2) is 0 Å². The zero-order valence-corrected chi connectivity index (χ0v) is 21.1. The van der Waals surface area contributed by atoms with Crippen LogP contribution in [0.15, 0.2) is 47.6 Å². The molecule has 0 saturated heterocycles. The maximum atomic E-state index is 10.4. The number of hydrogen-bond donors (Lipinski definition) is 3. The molecule has 4 heteroatoms. The maximum Gasteiger partial charge on any atom is 0.0875 e. The van der Waals surface area contributed by atoms with E-state index in [1.807, 2.05) is 13.8 Å². The molecule has 4 nitrogen and oxygen atoms in total. The van der Waals surface area contributed by atoms with Crippen LogP contribution in [0.2, 0.25) is 0 Å². The highest BCUT2D eigenvalue weighted by atomic mass is 16.5. The van der Waals surface area contributed by atoms with Gasteiger partial charge in [-0.15, -0.1) is 0 Å². The summed E-state index contributed by atoms with van der Waals surface area (Å²) in [5.41, 5.74) is 3.42. The Hall–Kier alpha value is -1.20. The lowest BCUT2D eigenvalue weighted by atomic mass is 9.62. The van der Waals surface area contributed by atoms with Crippen molar-refractivity contribution in [2.75, 3.05) is 13.2 Å². The molecular formula is C29H46O4. The predicted molar refractivity (Wildman–Crippen MR) is 135 cm³/mol. The molecule has 0 aromatic carbocycles. The van der Waals surface area contributed by atoms with Crippen molar-refractivity contribution >= 4 is 0 Å². The molecule has 3 N–H and O–H groups in total. The number of aliphatic hydroxyl groups excluding tert-OH is 2. The zero-order valence-electron chi connectivity index (χ0n) is 21.1. The molecule has 3 fully saturated rings. The molecule has 3 aliphatic carbocycles. The van der Waals surface area contributed by atoms with Gasteiger partial charge in [-0.1, -0.05) is 68.4 Å². The Bertz CT molecular complexity index is 748. The summed E-state index contributed by atoms with van der Waals surface area (Å²) in [6, 6.07) is 0. The lowest BCUT2D eigenvalue weighted by Gasteiger charge is -2.42. The second-order valence-corrected chi connectivity index (χ2v) is 11.0. The van der Waals surface area contributed by atoms with Crippen LogP contribution < -0.4 is 0 Å². The molecule has 0 unspecified atom stereocenters. The summed E-state index contributed by atoms with van der Waals surface area (Å²) in [6.07, 6.45) is 17.1. The highest BCUT2D eigenvalue weighted by molar-refractivity contribution is 5.30. The minimum Gasteiger partial charge on any atom is -0.393 e. The monoisotopic (exact) mass is 458 g/mol. The Kier molecular flexibility index (Phi) is 9.19. The minimum absolute atomic E-state index is 0.237. The van der Waals surface area contributed by atoms with Crippen molar-refractivity contribution in [2.45, 2.75) is 103 Å². The van der Waals surface area contributed by atoms with Gasteiger partial charge in [-0.05, 0) is 81.5 Å². The Labute approximate surface area is 201 Å². The molecule has 0 bridgehead atoms. The van der Waals surface area contributed by atoms with Gasteiger partial charge in [-0.3, -0.25) is 0 Å². The second kappa shape index (κ2) is 11.5. The molecule has 0 heterocycles. The number of aliphatic hydroxyl groups is 3. The van der Waals surface area contributed by atoms with Gasteiger partial charge in [-0.2, -0.15) is 0 Å². The van der Waals surface area contributed by atoms with E-state index in [1.54, 1.807) is 0 Å². The SMILES string of the molecule is C=C(/C=C/COCC(O)(CC)CC)[C@H]1CC[C@H]2/C(=C/C=C3C[C@@H](O)C[C@H](O)C3)CCC[C@]12C. The lowest BCUT2D eigenvalue weighted by Crippen LogP contribution is -2.33. The summed E-state index contributed by atoms with van der Waals surface area (Å²) in [6.45, 7) is 11.7. The molecule has 3 rings (SSSR count). The Morgan fingerprint density at radius 2 is 1.85 bits per heavy atom. The van der Waals surface area contributed by atoms with Gasteiger partial charge >= 0.3 is 0 Å². The molecular weight excluding hydrogens is 412 g/mol. The standard InChI is InChI=1S/C29H46O4/c1-5-29(32,6-2)20-33-16-8-9-21(3)26-13-14-27-23(10-7-15-28(26,27)4)12-11-22-17-24(30)19-25(31)18-22/h8-9,11-12,24-27,30-32H,3,5-7,10,13-20H2,1-2,4H3/b9-8+,23-12+/t24-,25-,26-,27+,28-/m1/s1. The molecule has 33 heavy (non-hydrogen) atoms. The fraction of sp³-hybridized carbons (Fsp3) is 0.724. The third-order valence-corrected chi connectivity index (χ3v) is 8.72. The van der Waals surface area contributed by atoms with E-state index >= 15 is 0 Å². The summed E-state index contributed by atoms with van der Waals surface area (Å²) in [7, 11) is 0. The van der Waals surface area contributed by atoms with Crippen molar-refractivity contribution in [3.63, 3.8) is 0 Å². The van der Waals surface area contributed by atoms with Gasteiger partial charge < -0.3 is 20.1 Å². The van der Waals surface area contributed by atoms with Gasteiger partial charge in [0.15, 0.2) is 0 Å². The lowest BCUT2D eigenvalue weighted by molar-refractivity contribution is -0.0446. The van der Waals surface area contributed by atoms with E-state index in [0.717, 1.165) is 6.42 Å². The van der Waals surface area contributed by atoms with Crippen LogP contribution in [0.5, 0.6) is 0 Å². The zero-order chi connectivity index (χ0) is 24.1. The predicted octanol–water partition coefficient (Wildman–Crippen LogP) is 5.64. The molecule has 0 aromatic rings. The van der Waals surface area contributed by atoms with Crippen molar-refractivity contribution < 1.29 is 20.1 Å². The first-order chi connectivity index (χ1) is 15.7. The number of hydrogen-bond acceptors (Lipinski definition) is 4. The summed E-state index contributed by atoms with van der Waals surface area (Å²) >= 11 is 0. The van der Waals surface area contributed by atoms with Gasteiger partial charge in [0.05, 0.1) is 31.0 Å². The summed E-state index contributed by atoms with van der Waals surface area (Å²) in [5, 5.41) is 30.3. The van der Waals surface area contributed by atoms with Crippen LogP contribution in [0.25, 0.3) is 0 Å². The minimum atomic E-state index is -0.717. The Morgan fingerprint density at radius 1 is 1.15 bits per heavy atom. The second-order valence-electron chi connectivity index (χ2n) is 11.0. The van der Waals surface area contributed by atoms with Crippen molar-refractivity contribution in [2.24, 2.45) is 17.3 Å². The number of rotatable bonds is 9. The first-order valence-electron chi connectivity index (χ1n) is 13.1. The average Bonchev–Trinajstić information content (AvgIpc) is 3.14. The van der Waals surface area contributed by atoms with Crippen molar-refractivity contribution in [1.29, 1.82) is 0 Å². The summed E-state index contributed by atoms with van der Waals surface area (Å²) in [5.74, 6) is 1.06. The Morgan fingerprint density at radius 3 is 2.52 bits per heavy atom. The molecule has 3 aliphatic rings. The molecule has 0 aromatic heterocycles. The smallest absolute Gasteiger partial charge is 0.0875 e. The number of ether oxygens (including phenoxy) is 1. The van der Waals surface area contributed by atoms with Crippen LogP contribution in [0.3, 0.4) is 0 Å². The first-order valence-corrected chi connectivity index (χ1v) is 13.1. The van der Waals surface area contributed by atoms with Crippen molar-refractivity contribution in [3.05, 3.63) is 47.6 Å². The van der Waals surface area contributed by atoms with Crippen molar-refractivity contribution in [1.82, 2.24) is 0 Å². The largest absolute Gasteiger partial charge is 0.393 e. The normalized spacial score (nSPS) is 34.1. The van der Waals surface area contributed by atoms with Crippen LogP contribution in [-0.4, -0.2) is 46.3 Å². The van der Waals surface area contributed by atoms with E-state index in [1.165, 1.54) is 42.4 Å². The van der Waals surface area contributed by atoms with Crippen molar-refractivity contribution in [3.8, 4) is 0 Å². The van der Waals surface area contributed by atoms with E-state index in [0.29, 0.717) is 57.2 Å². The topological polar surface area (TPSA) is 69.9 Å². The highest BCUT2D eigenvalue weighted by Gasteiger charge is 2.49. The fourth-order valence-electron chi connectivity index (χ4n) is 6.47. The van der Waals surface area contributed by atoms with E-state index in [-0.39, 0.29) is 5.41 Å². The summed E-state index contributed by atoms with van der Waals surface area (Å²) in [4.78, 5) is 0. The van der Waals surface area contributed by atoms with Gasteiger partial charge in [0, 0.05) is 0 Å². The third-order valence-electron chi connectivity index (χ3n) is 8.72. The van der Waals surface area contributed by atoms with Crippen LogP contribution in [0.4, 0.5) is 0 Å². The average molecular weight is 459 g/mol. The third kappa shape index (κ3) is 6.48. The van der Waals surface area contributed by atoms with Crippen LogP contribution in [-0.2, 0) is 4.74 Å². The van der Waals surface area contributed by atoms with E-state index < -0.39 is 17.8 Å². The molecule has 5 atom stereocenters. The Balaban J connectivity index is 1.60. The van der Waals surface area contributed by atoms with Gasteiger partial charge in [0.25, 0.3) is 0 Å². The summed E-state index contributed by atoms with van der Waals surface area (Å²) < 4.78 is 5.72. The fourth-order valence-corrected chi connectivity index (χ4v) is 6.47. The molecule has 0 amide bonds. The van der Waals surface area contributed by atoms with E-state index in [9.17, 15) is 15.3 Å². The molecule has 3 saturated carbocycles. The first kappa shape index (κ1) is 26.4.